The van der Waals surface area contributed by atoms with Crippen molar-refractivity contribution in [2.75, 3.05) is 5.75 Å². The van der Waals surface area contributed by atoms with E-state index in [1.807, 2.05) is 18.2 Å². The molecule has 1 N–H and O–H groups in total. The third-order valence-corrected chi connectivity index (χ3v) is 4.98. The summed E-state index contributed by atoms with van der Waals surface area (Å²) in [5.41, 5.74) is 3.13. The molecule has 0 atom stereocenters. The van der Waals surface area contributed by atoms with E-state index in [0.29, 0.717) is 28.1 Å². The lowest BCUT2D eigenvalue weighted by atomic mass is 10.2. The minimum Gasteiger partial charge on any atom is -0.346 e. The van der Waals surface area contributed by atoms with Gasteiger partial charge in [0.2, 0.25) is 17.6 Å². The standard InChI is InChI=1S/C19H18ClN3O2S/c1-13-6-8-14(9-7-13)11-26-12-17(24)21-10-18-22-19(23-25-18)15-4-2-3-5-16(15)20/h2-9H,10-12H2,1H3,(H,21,24). The Bertz CT molecular complexity index is 881. The molecule has 2 aromatic carbocycles. The lowest BCUT2D eigenvalue weighted by molar-refractivity contribution is -0.118. The van der Waals surface area contributed by atoms with Gasteiger partial charge in [-0.3, -0.25) is 4.79 Å². The van der Waals surface area contributed by atoms with Crippen molar-refractivity contribution in [3.63, 3.8) is 0 Å². The fraction of sp³-hybridized carbons (Fsp3) is 0.211. The fourth-order valence-electron chi connectivity index (χ4n) is 2.25. The zero-order valence-electron chi connectivity index (χ0n) is 14.2. The van der Waals surface area contributed by atoms with Gasteiger partial charge in [-0.25, -0.2) is 0 Å². The molecule has 1 heterocycles. The van der Waals surface area contributed by atoms with E-state index in [1.165, 1.54) is 11.1 Å². The van der Waals surface area contributed by atoms with E-state index in [2.05, 4.69) is 46.6 Å². The molecule has 0 aliphatic rings. The highest BCUT2D eigenvalue weighted by molar-refractivity contribution is 7.99. The summed E-state index contributed by atoms with van der Waals surface area (Å²) in [4.78, 5) is 16.2. The molecule has 0 unspecified atom stereocenters. The van der Waals surface area contributed by atoms with Gasteiger partial charge in [0.15, 0.2) is 0 Å². The Balaban J connectivity index is 1.45. The lowest BCUT2D eigenvalue weighted by Gasteiger charge is -2.03. The Hall–Kier alpha value is -2.31. The van der Waals surface area contributed by atoms with Crippen LogP contribution in [0.15, 0.2) is 53.1 Å². The molecule has 26 heavy (non-hydrogen) atoms. The number of aryl methyl sites for hydroxylation is 1. The molecule has 0 radical (unpaired) electrons. The van der Waals surface area contributed by atoms with Crippen molar-refractivity contribution in [3.05, 3.63) is 70.6 Å². The van der Waals surface area contributed by atoms with Crippen molar-refractivity contribution < 1.29 is 9.32 Å². The monoisotopic (exact) mass is 387 g/mol. The Morgan fingerprint density at radius 3 is 2.73 bits per heavy atom. The maximum Gasteiger partial charge on any atom is 0.246 e. The van der Waals surface area contributed by atoms with Crippen LogP contribution in [0.2, 0.25) is 5.02 Å². The molecule has 1 aromatic heterocycles. The molecule has 0 bridgehead atoms. The Kier molecular flexibility index (Phi) is 6.30. The molecule has 3 rings (SSSR count). The molecule has 0 saturated carbocycles. The molecule has 134 valence electrons. The highest BCUT2D eigenvalue weighted by atomic mass is 35.5. The molecule has 0 spiro atoms. The van der Waals surface area contributed by atoms with E-state index in [9.17, 15) is 4.79 Å². The largest absolute Gasteiger partial charge is 0.346 e. The average molecular weight is 388 g/mol. The zero-order valence-corrected chi connectivity index (χ0v) is 15.8. The van der Waals surface area contributed by atoms with Crippen molar-refractivity contribution in [2.24, 2.45) is 0 Å². The number of amides is 1. The number of hydrogen-bond donors (Lipinski definition) is 1. The van der Waals surface area contributed by atoms with Crippen LogP contribution in [0.25, 0.3) is 11.4 Å². The van der Waals surface area contributed by atoms with Gasteiger partial charge in [-0.1, -0.05) is 58.7 Å². The first-order valence-electron chi connectivity index (χ1n) is 8.09. The lowest BCUT2D eigenvalue weighted by Crippen LogP contribution is -2.24. The number of nitrogens with one attached hydrogen (secondary N) is 1. The molecule has 1 amide bonds. The van der Waals surface area contributed by atoms with Crippen molar-refractivity contribution >= 4 is 29.3 Å². The second kappa shape index (κ2) is 8.87. The Morgan fingerprint density at radius 1 is 1.19 bits per heavy atom. The molecule has 5 nitrogen and oxygen atoms in total. The number of rotatable bonds is 7. The van der Waals surface area contributed by atoms with Gasteiger partial charge in [0.1, 0.15) is 0 Å². The minimum atomic E-state index is -0.0698. The van der Waals surface area contributed by atoms with Gasteiger partial charge in [-0.15, -0.1) is 11.8 Å². The van der Waals surface area contributed by atoms with Gasteiger partial charge in [-0.05, 0) is 24.6 Å². The predicted molar refractivity (Wildman–Crippen MR) is 104 cm³/mol. The SMILES string of the molecule is Cc1ccc(CSCC(=O)NCc2nc(-c3ccccc3Cl)no2)cc1. The number of hydrogen-bond acceptors (Lipinski definition) is 5. The topological polar surface area (TPSA) is 68.0 Å². The third kappa shape index (κ3) is 5.09. The smallest absolute Gasteiger partial charge is 0.246 e. The first-order valence-corrected chi connectivity index (χ1v) is 9.62. The molecular weight excluding hydrogens is 370 g/mol. The number of carbonyl (C=O) groups is 1. The van der Waals surface area contributed by atoms with E-state index in [4.69, 9.17) is 16.1 Å². The van der Waals surface area contributed by atoms with Crippen molar-refractivity contribution in [1.82, 2.24) is 15.5 Å². The summed E-state index contributed by atoms with van der Waals surface area (Å²) < 4.78 is 5.17. The van der Waals surface area contributed by atoms with Gasteiger partial charge in [0.05, 0.1) is 17.3 Å². The molecule has 0 aliphatic carbocycles. The van der Waals surface area contributed by atoms with E-state index in [0.717, 1.165) is 5.75 Å². The maximum atomic E-state index is 11.9. The van der Waals surface area contributed by atoms with Crippen LogP contribution in [0.1, 0.15) is 17.0 Å². The second-order valence-electron chi connectivity index (χ2n) is 5.75. The molecule has 0 saturated heterocycles. The quantitative estimate of drug-likeness (QED) is 0.656. The highest BCUT2D eigenvalue weighted by Gasteiger charge is 2.12. The van der Waals surface area contributed by atoms with Crippen LogP contribution in [0.3, 0.4) is 0 Å². The summed E-state index contributed by atoms with van der Waals surface area (Å²) in [6.07, 6.45) is 0. The minimum absolute atomic E-state index is 0.0698. The van der Waals surface area contributed by atoms with Crippen LogP contribution in [0.4, 0.5) is 0 Å². The van der Waals surface area contributed by atoms with E-state index in [1.54, 1.807) is 17.8 Å². The number of halogens is 1. The number of aromatic nitrogens is 2. The third-order valence-electron chi connectivity index (χ3n) is 3.64. The van der Waals surface area contributed by atoms with Crippen LogP contribution in [0.5, 0.6) is 0 Å². The van der Waals surface area contributed by atoms with E-state index < -0.39 is 0 Å². The fourth-order valence-corrected chi connectivity index (χ4v) is 3.29. The molecule has 0 fully saturated rings. The van der Waals surface area contributed by atoms with Gasteiger partial charge in [-0.2, -0.15) is 4.98 Å². The molecule has 3 aromatic rings. The summed E-state index contributed by atoms with van der Waals surface area (Å²) >= 11 is 7.68. The van der Waals surface area contributed by atoms with Crippen LogP contribution >= 0.6 is 23.4 Å². The van der Waals surface area contributed by atoms with Gasteiger partial charge >= 0.3 is 0 Å². The first kappa shape index (κ1) is 18.5. The average Bonchev–Trinajstić information content (AvgIpc) is 3.11. The molecule has 0 aliphatic heterocycles. The van der Waals surface area contributed by atoms with Crippen LogP contribution in [0, 0.1) is 6.92 Å². The molecule has 7 heteroatoms. The number of carbonyl (C=O) groups excluding carboxylic acids is 1. The van der Waals surface area contributed by atoms with Crippen molar-refractivity contribution in [3.8, 4) is 11.4 Å². The predicted octanol–water partition coefficient (Wildman–Crippen LogP) is 4.25. The normalized spacial score (nSPS) is 10.7. The van der Waals surface area contributed by atoms with Crippen LogP contribution in [-0.2, 0) is 17.1 Å². The highest BCUT2D eigenvalue weighted by Crippen LogP contribution is 2.24. The molecular formula is C19H18ClN3O2S. The summed E-state index contributed by atoms with van der Waals surface area (Å²) in [6, 6.07) is 15.6. The Labute approximate surface area is 161 Å². The van der Waals surface area contributed by atoms with E-state index in [-0.39, 0.29) is 12.5 Å². The maximum absolute atomic E-state index is 11.9. The van der Waals surface area contributed by atoms with Crippen LogP contribution < -0.4 is 5.32 Å². The zero-order chi connectivity index (χ0) is 18.4. The van der Waals surface area contributed by atoms with Crippen LogP contribution in [-0.4, -0.2) is 21.8 Å². The summed E-state index contributed by atoms with van der Waals surface area (Å²) in [7, 11) is 0. The summed E-state index contributed by atoms with van der Waals surface area (Å²) in [5, 5.41) is 7.24. The van der Waals surface area contributed by atoms with Crippen molar-refractivity contribution in [1.29, 1.82) is 0 Å². The van der Waals surface area contributed by atoms with Gasteiger partial charge in [0, 0.05) is 11.3 Å². The number of thioether (sulfide) groups is 1. The number of benzene rings is 2. The van der Waals surface area contributed by atoms with Gasteiger partial charge < -0.3 is 9.84 Å². The number of nitrogens with zero attached hydrogens (tertiary/aromatic N) is 2. The first-order chi connectivity index (χ1) is 12.6. The summed E-state index contributed by atoms with van der Waals surface area (Å²) in [6.45, 7) is 2.25. The second-order valence-corrected chi connectivity index (χ2v) is 7.14. The summed E-state index contributed by atoms with van der Waals surface area (Å²) in [5.74, 6) is 1.86. The van der Waals surface area contributed by atoms with Gasteiger partial charge in [0.25, 0.3) is 0 Å². The van der Waals surface area contributed by atoms with E-state index >= 15 is 0 Å². The Morgan fingerprint density at radius 2 is 1.96 bits per heavy atom. The van der Waals surface area contributed by atoms with Crippen molar-refractivity contribution in [2.45, 2.75) is 19.2 Å².